The number of benzene rings is 2. The number of rotatable bonds is 8. The number of nitrogens with one attached hydrogen (secondary N) is 1. The summed E-state index contributed by atoms with van der Waals surface area (Å²) >= 11 is 0. The molecular formula is C20H26N2O5S. The zero-order valence-electron chi connectivity index (χ0n) is 16.5. The standard InChI is InChI=1S/C20H26N2O5S/c1-5-15(2)22(20(23)21-18-11-6-7-12-19(18)26-3)14-16-9-8-10-17(13-16)27-28(4,24)25/h6-13,15H,5,14H2,1-4H3,(H,21,23). The molecule has 0 saturated heterocycles. The first-order valence-electron chi connectivity index (χ1n) is 8.92. The van der Waals surface area contributed by atoms with Gasteiger partial charge in [-0.2, -0.15) is 8.42 Å². The Labute approximate surface area is 166 Å². The summed E-state index contributed by atoms with van der Waals surface area (Å²) < 4.78 is 32.9. The average molecular weight is 407 g/mol. The average Bonchev–Trinajstić information content (AvgIpc) is 2.64. The smallest absolute Gasteiger partial charge is 0.322 e. The second kappa shape index (κ2) is 9.45. The van der Waals surface area contributed by atoms with Crippen molar-refractivity contribution in [2.75, 3.05) is 18.7 Å². The van der Waals surface area contributed by atoms with E-state index in [4.69, 9.17) is 8.92 Å². The zero-order chi connectivity index (χ0) is 20.7. The van der Waals surface area contributed by atoms with Crippen LogP contribution in [0, 0.1) is 0 Å². The van der Waals surface area contributed by atoms with Crippen molar-refractivity contribution in [1.82, 2.24) is 4.90 Å². The van der Waals surface area contributed by atoms with Crippen molar-refractivity contribution in [2.24, 2.45) is 0 Å². The van der Waals surface area contributed by atoms with Gasteiger partial charge in [-0.3, -0.25) is 0 Å². The molecule has 0 saturated carbocycles. The highest BCUT2D eigenvalue weighted by molar-refractivity contribution is 7.86. The van der Waals surface area contributed by atoms with Gasteiger partial charge in [0.1, 0.15) is 11.5 Å². The van der Waals surface area contributed by atoms with Gasteiger partial charge in [0.2, 0.25) is 0 Å². The number of methoxy groups -OCH3 is 1. The molecule has 2 aromatic carbocycles. The molecule has 2 rings (SSSR count). The predicted molar refractivity (Wildman–Crippen MR) is 109 cm³/mol. The third kappa shape index (κ3) is 6.16. The molecular weight excluding hydrogens is 380 g/mol. The summed E-state index contributed by atoms with van der Waals surface area (Å²) in [5.41, 5.74) is 1.34. The van der Waals surface area contributed by atoms with E-state index < -0.39 is 10.1 Å². The minimum absolute atomic E-state index is 0.0332. The molecule has 0 spiro atoms. The fourth-order valence-electron chi connectivity index (χ4n) is 2.65. The fourth-order valence-corrected chi connectivity index (χ4v) is 3.10. The lowest BCUT2D eigenvalue weighted by Gasteiger charge is -2.29. The minimum Gasteiger partial charge on any atom is -0.495 e. The van der Waals surface area contributed by atoms with Gasteiger partial charge in [-0.05, 0) is 43.2 Å². The number of hydrogen-bond donors (Lipinski definition) is 1. The Morgan fingerprint density at radius 3 is 2.54 bits per heavy atom. The molecule has 0 heterocycles. The lowest BCUT2D eigenvalue weighted by atomic mass is 10.1. The van der Waals surface area contributed by atoms with Crippen LogP contribution in [0.1, 0.15) is 25.8 Å². The fraction of sp³-hybridized carbons (Fsp3) is 0.350. The lowest BCUT2D eigenvalue weighted by Crippen LogP contribution is -2.40. The van der Waals surface area contributed by atoms with Crippen LogP contribution in [0.15, 0.2) is 48.5 Å². The first kappa shape index (κ1) is 21.6. The first-order valence-corrected chi connectivity index (χ1v) is 10.7. The SMILES string of the molecule is CCC(C)N(Cc1cccc(OS(C)(=O)=O)c1)C(=O)Nc1ccccc1OC. The van der Waals surface area contributed by atoms with Gasteiger partial charge in [0.05, 0.1) is 19.1 Å². The Kier molecular flexibility index (Phi) is 7.28. The van der Waals surface area contributed by atoms with E-state index in [0.29, 0.717) is 18.0 Å². The van der Waals surface area contributed by atoms with Gasteiger partial charge in [0.25, 0.3) is 0 Å². The number of nitrogens with zero attached hydrogens (tertiary/aromatic N) is 1. The number of amides is 2. The van der Waals surface area contributed by atoms with Gasteiger partial charge < -0.3 is 19.1 Å². The molecule has 0 radical (unpaired) electrons. The number of ether oxygens (including phenoxy) is 1. The van der Waals surface area contributed by atoms with E-state index in [0.717, 1.165) is 18.2 Å². The van der Waals surface area contributed by atoms with E-state index in [-0.39, 0.29) is 17.8 Å². The topological polar surface area (TPSA) is 84.9 Å². The second-order valence-electron chi connectivity index (χ2n) is 6.45. The molecule has 8 heteroatoms. The van der Waals surface area contributed by atoms with Crippen molar-refractivity contribution in [1.29, 1.82) is 0 Å². The molecule has 1 atom stereocenters. The maximum atomic E-state index is 12.9. The summed E-state index contributed by atoms with van der Waals surface area (Å²) in [5, 5.41) is 2.88. The molecule has 152 valence electrons. The summed E-state index contributed by atoms with van der Waals surface area (Å²) in [7, 11) is -2.07. The van der Waals surface area contributed by atoms with Crippen LogP contribution in [-0.4, -0.2) is 38.8 Å². The van der Waals surface area contributed by atoms with E-state index >= 15 is 0 Å². The Balaban J connectivity index is 2.22. The Bertz CT molecular complexity index is 914. The second-order valence-corrected chi connectivity index (χ2v) is 8.03. The Morgan fingerprint density at radius 2 is 1.89 bits per heavy atom. The number of carbonyl (C=O) groups is 1. The normalized spacial score (nSPS) is 12.1. The van der Waals surface area contributed by atoms with E-state index in [9.17, 15) is 13.2 Å². The zero-order valence-corrected chi connectivity index (χ0v) is 17.3. The molecule has 0 aliphatic heterocycles. The molecule has 0 bridgehead atoms. The highest BCUT2D eigenvalue weighted by Crippen LogP contribution is 2.24. The largest absolute Gasteiger partial charge is 0.495 e. The first-order chi connectivity index (χ1) is 13.2. The number of anilines is 1. The Hall–Kier alpha value is -2.74. The van der Waals surface area contributed by atoms with Crippen LogP contribution in [0.3, 0.4) is 0 Å². The molecule has 0 aliphatic rings. The number of urea groups is 1. The van der Waals surface area contributed by atoms with Crippen molar-refractivity contribution in [3.05, 3.63) is 54.1 Å². The van der Waals surface area contributed by atoms with Gasteiger partial charge in [-0.1, -0.05) is 31.2 Å². The molecule has 2 amide bonds. The molecule has 2 aromatic rings. The number of para-hydroxylation sites is 2. The predicted octanol–water partition coefficient (Wildman–Crippen LogP) is 3.87. The van der Waals surface area contributed by atoms with Crippen LogP contribution in [0.4, 0.5) is 10.5 Å². The summed E-state index contributed by atoms with van der Waals surface area (Å²) in [4.78, 5) is 14.6. The van der Waals surface area contributed by atoms with Crippen molar-refractivity contribution < 1.29 is 22.1 Å². The van der Waals surface area contributed by atoms with Gasteiger partial charge in [-0.15, -0.1) is 0 Å². The van der Waals surface area contributed by atoms with Crippen LogP contribution < -0.4 is 14.2 Å². The highest BCUT2D eigenvalue weighted by Gasteiger charge is 2.21. The van der Waals surface area contributed by atoms with Crippen molar-refractivity contribution in [3.8, 4) is 11.5 Å². The monoisotopic (exact) mass is 406 g/mol. The van der Waals surface area contributed by atoms with Crippen LogP contribution in [0.25, 0.3) is 0 Å². The molecule has 1 unspecified atom stereocenters. The lowest BCUT2D eigenvalue weighted by molar-refractivity contribution is 0.187. The van der Waals surface area contributed by atoms with Crippen molar-refractivity contribution in [3.63, 3.8) is 0 Å². The Morgan fingerprint density at radius 1 is 1.18 bits per heavy atom. The quantitative estimate of drug-likeness (QED) is 0.673. The summed E-state index contributed by atoms with van der Waals surface area (Å²) in [6, 6.07) is 13.6. The van der Waals surface area contributed by atoms with Gasteiger partial charge in [0.15, 0.2) is 0 Å². The summed E-state index contributed by atoms with van der Waals surface area (Å²) in [6.45, 7) is 4.26. The third-order valence-corrected chi connectivity index (χ3v) is 4.73. The van der Waals surface area contributed by atoms with E-state index in [1.54, 1.807) is 42.3 Å². The highest BCUT2D eigenvalue weighted by atomic mass is 32.2. The van der Waals surface area contributed by atoms with E-state index in [2.05, 4.69) is 5.32 Å². The van der Waals surface area contributed by atoms with Crippen LogP contribution >= 0.6 is 0 Å². The van der Waals surface area contributed by atoms with Crippen LogP contribution in [0.5, 0.6) is 11.5 Å². The molecule has 28 heavy (non-hydrogen) atoms. The summed E-state index contributed by atoms with van der Waals surface area (Å²) in [5.74, 6) is 0.790. The maximum absolute atomic E-state index is 12.9. The minimum atomic E-state index is -3.61. The third-order valence-electron chi connectivity index (χ3n) is 4.23. The number of hydrogen-bond acceptors (Lipinski definition) is 5. The summed E-state index contributed by atoms with van der Waals surface area (Å²) in [6.07, 6.45) is 1.75. The number of carbonyl (C=O) groups excluding carboxylic acids is 1. The van der Waals surface area contributed by atoms with E-state index in [1.807, 2.05) is 32.0 Å². The van der Waals surface area contributed by atoms with Crippen LogP contribution in [0.2, 0.25) is 0 Å². The van der Waals surface area contributed by atoms with Crippen LogP contribution in [-0.2, 0) is 16.7 Å². The molecule has 0 aromatic heterocycles. The van der Waals surface area contributed by atoms with Gasteiger partial charge in [-0.25, -0.2) is 4.79 Å². The maximum Gasteiger partial charge on any atom is 0.322 e. The molecule has 7 nitrogen and oxygen atoms in total. The molecule has 1 N–H and O–H groups in total. The van der Waals surface area contributed by atoms with Crippen molar-refractivity contribution >= 4 is 21.8 Å². The molecule has 0 fully saturated rings. The van der Waals surface area contributed by atoms with E-state index in [1.165, 1.54) is 0 Å². The van der Waals surface area contributed by atoms with Crippen molar-refractivity contribution in [2.45, 2.75) is 32.9 Å². The molecule has 0 aliphatic carbocycles. The van der Waals surface area contributed by atoms with Gasteiger partial charge >= 0.3 is 16.1 Å². The van der Waals surface area contributed by atoms with Gasteiger partial charge in [0, 0.05) is 12.6 Å².